The minimum Gasteiger partial charge on any atom is -0.489 e. The molecule has 5 amide bonds. The monoisotopic (exact) mass is 759 g/mol. The van der Waals surface area contributed by atoms with Crippen molar-refractivity contribution in [2.45, 2.75) is 56.2 Å². The third kappa shape index (κ3) is 6.79. The molecule has 266 valence electrons. The Labute approximate surface area is 302 Å². The predicted octanol–water partition coefficient (Wildman–Crippen LogP) is 2.53. The molecule has 3 saturated heterocycles. The fourth-order valence-corrected chi connectivity index (χ4v) is 7.99. The molecular formula is C36H38BrN7O7. The maximum Gasteiger partial charge on any atom is 0.282 e. The summed E-state index contributed by atoms with van der Waals surface area (Å²) in [6.45, 7) is 2.61. The first-order valence-corrected chi connectivity index (χ1v) is 17.8. The highest BCUT2D eigenvalue weighted by Crippen LogP contribution is 2.35. The van der Waals surface area contributed by atoms with E-state index in [1.165, 1.54) is 10.7 Å². The number of imide groups is 2. The number of ether oxygens (including phenoxy) is 1. The van der Waals surface area contributed by atoms with Gasteiger partial charge in [0.15, 0.2) is 0 Å². The topological polar surface area (TPSA) is 163 Å². The van der Waals surface area contributed by atoms with Gasteiger partial charge in [-0.05, 0) is 71.6 Å². The molecule has 0 aliphatic carbocycles. The number of anilines is 1. The summed E-state index contributed by atoms with van der Waals surface area (Å²) in [4.78, 5) is 81.5. The largest absolute Gasteiger partial charge is 0.489 e. The van der Waals surface area contributed by atoms with Crippen molar-refractivity contribution in [1.82, 2.24) is 29.8 Å². The molecule has 51 heavy (non-hydrogen) atoms. The lowest BCUT2D eigenvalue weighted by atomic mass is 9.87. The van der Waals surface area contributed by atoms with E-state index in [9.17, 15) is 28.8 Å². The van der Waals surface area contributed by atoms with E-state index in [0.717, 1.165) is 30.0 Å². The van der Waals surface area contributed by atoms with Crippen LogP contribution in [0.3, 0.4) is 0 Å². The molecule has 0 spiro atoms. The Balaban J connectivity index is 0.952. The third-order valence-corrected chi connectivity index (χ3v) is 10.9. The van der Waals surface area contributed by atoms with Gasteiger partial charge in [0.25, 0.3) is 23.3 Å². The Bertz CT molecular complexity index is 1970. The highest BCUT2D eigenvalue weighted by atomic mass is 79.9. The lowest BCUT2D eigenvalue weighted by Gasteiger charge is -2.37. The molecule has 3 atom stereocenters. The summed E-state index contributed by atoms with van der Waals surface area (Å²) < 4.78 is 8.00. The molecule has 5 heterocycles. The number of fused-ring (bicyclic) bond motifs is 1. The van der Waals surface area contributed by atoms with Gasteiger partial charge in [-0.25, -0.2) is 4.68 Å². The lowest BCUT2D eigenvalue weighted by Crippen LogP contribution is -2.54. The smallest absolute Gasteiger partial charge is 0.282 e. The Morgan fingerprint density at radius 2 is 1.71 bits per heavy atom. The number of hydrogen-bond donors (Lipinski definition) is 2. The van der Waals surface area contributed by atoms with Crippen molar-refractivity contribution in [3.63, 3.8) is 0 Å². The van der Waals surface area contributed by atoms with Gasteiger partial charge in [0.1, 0.15) is 22.4 Å². The summed E-state index contributed by atoms with van der Waals surface area (Å²) in [5.74, 6) is -1.86. The summed E-state index contributed by atoms with van der Waals surface area (Å²) in [5.41, 5.74) is 2.49. The number of rotatable bonds is 7. The quantitative estimate of drug-likeness (QED) is 0.343. The number of likely N-dealkylation sites (tertiary alicyclic amines) is 2. The van der Waals surface area contributed by atoms with Gasteiger partial charge in [-0.2, -0.15) is 5.10 Å². The van der Waals surface area contributed by atoms with E-state index < -0.39 is 29.7 Å². The molecule has 14 nitrogen and oxygen atoms in total. The molecule has 4 aliphatic heterocycles. The molecule has 7 rings (SSSR count). The number of benzene rings is 2. The van der Waals surface area contributed by atoms with E-state index in [-0.39, 0.29) is 59.2 Å². The molecule has 1 aromatic heterocycles. The molecule has 15 heteroatoms. The van der Waals surface area contributed by atoms with Crippen LogP contribution in [0, 0.1) is 0 Å². The van der Waals surface area contributed by atoms with Crippen LogP contribution in [0.5, 0.6) is 5.75 Å². The summed E-state index contributed by atoms with van der Waals surface area (Å²) in [7, 11) is 3.68. The Hall–Kier alpha value is -4.89. The number of carbonyl (C=O) groups excluding carboxylic acids is 5. The van der Waals surface area contributed by atoms with Crippen molar-refractivity contribution in [2.24, 2.45) is 7.05 Å². The number of nitrogens with one attached hydrogen (secondary N) is 2. The Morgan fingerprint density at radius 3 is 2.43 bits per heavy atom. The summed E-state index contributed by atoms with van der Waals surface area (Å²) in [5, 5.41) is 9.83. The van der Waals surface area contributed by atoms with Crippen molar-refractivity contribution in [1.29, 1.82) is 0 Å². The summed E-state index contributed by atoms with van der Waals surface area (Å²) in [6.07, 6.45) is 3.42. The van der Waals surface area contributed by atoms with Crippen LogP contribution >= 0.6 is 15.9 Å². The number of piperidine rings is 3. The zero-order valence-electron chi connectivity index (χ0n) is 28.3. The SMILES string of the molecule is CN1CC(Nc2cnn(C)c(=O)c2Br)CC(c2ccc(C(=O)N3CCC(Oc4cccc5c4C(=O)N(C4CCC(=O)NC4=O)C5=O)CC3)cc2)C1. The molecule has 3 aromatic rings. The van der Waals surface area contributed by atoms with Crippen LogP contribution < -0.4 is 20.9 Å². The fraction of sp³-hybridized carbons (Fsp3) is 0.417. The number of nitrogens with zero attached hydrogens (tertiary/aromatic N) is 5. The van der Waals surface area contributed by atoms with Crippen molar-refractivity contribution in [2.75, 3.05) is 38.5 Å². The van der Waals surface area contributed by atoms with Gasteiger partial charge in [-0.3, -0.25) is 39.0 Å². The van der Waals surface area contributed by atoms with E-state index in [0.29, 0.717) is 41.7 Å². The number of carbonyl (C=O) groups is 5. The average Bonchev–Trinajstić information content (AvgIpc) is 3.38. The molecule has 3 fully saturated rings. The van der Waals surface area contributed by atoms with Crippen LogP contribution in [0.15, 0.2) is 57.9 Å². The molecule has 0 radical (unpaired) electrons. The van der Waals surface area contributed by atoms with Crippen LogP contribution in [0.25, 0.3) is 0 Å². The van der Waals surface area contributed by atoms with Crippen molar-refractivity contribution in [3.05, 3.63) is 85.7 Å². The zero-order valence-corrected chi connectivity index (χ0v) is 29.8. The van der Waals surface area contributed by atoms with E-state index in [4.69, 9.17) is 4.74 Å². The number of hydrogen-bond acceptors (Lipinski definition) is 10. The van der Waals surface area contributed by atoms with Crippen LogP contribution in [-0.4, -0.2) is 105 Å². The molecule has 0 bridgehead atoms. The molecule has 0 saturated carbocycles. The van der Waals surface area contributed by atoms with Gasteiger partial charge >= 0.3 is 0 Å². The minimum absolute atomic E-state index is 0.0434. The first-order valence-electron chi connectivity index (χ1n) is 17.1. The first-order chi connectivity index (χ1) is 24.5. The van der Waals surface area contributed by atoms with Crippen LogP contribution in [0.4, 0.5) is 5.69 Å². The predicted molar refractivity (Wildman–Crippen MR) is 189 cm³/mol. The van der Waals surface area contributed by atoms with Crippen LogP contribution in [0.2, 0.25) is 0 Å². The lowest BCUT2D eigenvalue weighted by molar-refractivity contribution is -0.136. The standard InChI is InChI=1S/C36H38BrN7O7/c1-41-18-22(16-23(19-41)39-26-17-38-42(2)36(50)31(26)37)20-6-8-21(9-7-20)33(47)43-14-12-24(13-15-43)51-28-5-3-4-25-30(28)35(49)44(34(25)48)27-10-11-29(45)40-32(27)46/h3-9,17,22-24,27,39H,10-16,18-19H2,1-2H3,(H,40,45,46). The fourth-order valence-electron chi connectivity index (χ4n) is 7.52. The minimum atomic E-state index is -1.05. The Kier molecular flexibility index (Phi) is 9.50. The van der Waals surface area contributed by atoms with Gasteiger partial charge in [0.2, 0.25) is 11.8 Å². The van der Waals surface area contributed by atoms with Crippen molar-refractivity contribution >= 4 is 51.2 Å². The van der Waals surface area contributed by atoms with Gasteiger partial charge in [-0.1, -0.05) is 18.2 Å². The average molecular weight is 761 g/mol. The zero-order chi connectivity index (χ0) is 36.0. The Morgan fingerprint density at radius 1 is 0.961 bits per heavy atom. The first kappa shape index (κ1) is 34.6. The van der Waals surface area contributed by atoms with E-state index in [2.05, 4.69) is 43.6 Å². The number of aryl methyl sites for hydroxylation is 1. The maximum absolute atomic E-state index is 13.5. The second kappa shape index (κ2) is 14.0. The summed E-state index contributed by atoms with van der Waals surface area (Å²) >= 11 is 3.40. The molecule has 2 N–H and O–H groups in total. The number of likely N-dealkylation sites (N-methyl/N-ethyl adjacent to an activating group) is 1. The van der Waals surface area contributed by atoms with Crippen molar-refractivity contribution < 1.29 is 28.7 Å². The molecule has 2 aromatic carbocycles. The van der Waals surface area contributed by atoms with Gasteiger partial charge in [0.05, 0.1) is 23.0 Å². The van der Waals surface area contributed by atoms with Crippen LogP contribution in [-0.2, 0) is 16.6 Å². The highest BCUT2D eigenvalue weighted by molar-refractivity contribution is 9.10. The van der Waals surface area contributed by atoms with Gasteiger partial charge in [-0.15, -0.1) is 0 Å². The number of amides is 5. The van der Waals surface area contributed by atoms with E-state index in [1.54, 1.807) is 30.3 Å². The second-order valence-electron chi connectivity index (χ2n) is 13.7. The highest BCUT2D eigenvalue weighted by Gasteiger charge is 2.46. The molecular weight excluding hydrogens is 722 g/mol. The van der Waals surface area contributed by atoms with E-state index in [1.807, 2.05) is 24.3 Å². The summed E-state index contributed by atoms with van der Waals surface area (Å²) in [6, 6.07) is 11.7. The van der Waals surface area contributed by atoms with Gasteiger partial charge in [0, 0.05) is 64.1 Å². The second-order valence-corrected chi connectivity index (χ2v) is 14.4. The number of halogens is 1. The van der Waals surface area contributed by atoms with Crippen LogP contribution in [0.1, 0.15) is 74.7 Å². The van der Waals surface area contributed by atoms with Crippen molar-refractivity contribution in [3.8, 4) is 5.75 Å². The van der Waals surface area contributed by atoms with Gasteiger partial charge < -0.3 is 19.9 Å². The number of aromatic nitrogens is 2. The van der Waals surface area contributed by atoms with E-state index >= 15 is 0 Å². The third-order valence-electron chi connectivity index (χ3n) is 10.2. The maximum atomic E-state index is 13.5. The molecule has 3 unspecified atom stereocenters. The normalized spacial score (nSPS) is 22.9. The molecule has 4 aliphatic rings.